The molecule has 0 saturated heterocycles. The Morgan fingerprint density at radius 3 is 2.00 bits per heavy atom. The molecule has 152 valence electrons. The molecule has 0 radical (unpaired) electrons. The zero-order chi connectivity index (χ0) is 21.7. The number of hydrogen-bond donors (Lipinski definition) is 2. The predicted molar refractivity (Wildman–Crippen MR) is 131 cm³/mol. The van der Waals surface area contributed by atoms with E-state index in [-0.39, 0.29) is 0 Å². The summed E-state index contributed by atoms with van der Waals surface area (Å²) >= 11 is 0. The summed E-state index contributed by atoms with van der Waals surface area (Å²) in [5.41, 5.74) is 4.47. The van der Waals surface area contributed by atoms with Crippen molar-refractivity contribution in [1.82, 2.24) is 9.55 Å². The van der Waals surface area contributed by atoms with Gasteiger partial charge >= 0.3 is 7.12 Å². The lowest BCUT2D eigenvalue weighted by Gasteiger charge is -2.13. The van der Waals surface area contributed by atoms with Gasteiger partial charge in [-0.25, -0.2) is 4.98 Å². The number of para-hydroxylation sites is 1. The van der Waals surface area contributed by atoms with E-state index in [1.54, 1.807) is 6.07 Å². The van der Waals surface area contributed by atoms with Crippen molar-refractivity contribution in [2.24, 2.45) is 0 Å². The third kappa shape index (κ3) is 2.83. The Hall–Kier alpha value is -3.93. The van der Waals surface area contributed by atoms with Gasteiger partial charge in [0.25, 0.3) is 0 Å². The van der Waals surface area contributed by atoms with Gasteiger partial charge in [-0.1, -0.05) is 91.0 Å². The molecular formula is C27H19BN2O2. The van der Waals surface area contributed by atoms with Crippen LogP contribution in [0.1, 0.15) is 0 Å². The summed E-state index contributed by atoms with van der Waals surface area (Å²) in [6, 6.07) is 34.3. The summed E-state index contributed by atoms with van der Waals surface area (Å²) in [4.78, 5) is 5.15. The molecule has 0 atom stereocenters. The van der Waals surface area contributed by atoms with E-state index in [4.69, 9.17) is 4.98 Å². The Morgan fingerprint density at radius 2 is 1.28 bits per heavy atom. The quantitative estimate of drug-likeness (QED) is 0.327. The molecule has 0 spiro atoms. The molecule has 0 amide bonds. The predicted octanol–water partition coefficient (Wildman–Crippen LogP) is 4.68. The number of imidazole rings is 1. The third-order valence-electron chi connectivity index (χ3n) is 5.99. The van der Waals surface area contributed by atoms with Gasteiger partial charge in [0, 0.05) is 22.0 Å². The Balaban J connectivity index is 1.85. The molecule has 4 nitrogen and oxygen atoms in total. The van der Waals surface area contributed by atoms with E-state index < -0.39 is 7.12 Å². The lowest BCUT2D eigenvalue weighted by Crippen LogP contribution is -2.29. The average molecular weight is 414 g/mol. The van der Waals surface area contributed by atoms with Crippen molar-refractivity contribution in [2.45, 2.75) is 0 Å². The zero-order valence-electron chi connectivity index (χ0n) is 17.2. The van der Waals surface area contributed by atoms with E-state index in [9.17, 15) is 10.0 Å². The number of rotatable bonds is 3. The molecule has 5 aromatic carbocycles. The van der Waals surface area contributed by atoms with Crippen molar-refractivity contribution in [2.75, 3.05) is 0 Å². The molecule has 0 fully saturated rings. The highest BCUT2D eigenvalue weighted by atomic mass is 16.4. The van der Waals surface area contributed by atoms with E-state index in [1.807, 2.05) is 60.7 Å². The highest BCUT2D eigenvalue weighted by Gasteiger charge is 2.21. The number of hydrogen-bond acceptors (Lipinski definition) is 3. The molecule has 0 bridgehead atoms. The Labute approximate surface area is 185 Å². The highest BCUT2D eigenvalue weighted by Crippen LogP contribution is 2.38. The molecule has 6 rings (SSSR count). The second-order valence-electron chi connectivity index (χ2n) is 7.89. The van der Waals surface area contributed by atoms with Gasteiger partial charge in [-0.05, 0) is 28.4 Å². The van der Waals surface area contributed by atoms with Crippen molar-refractivity contribution in [1.29, 1.82) is 0 Å². The zero-order valence-corrected chi connectivity index (χ0v) is 17.2. The SMILES string of the molecule is OB(O)c1ccc2c(c1)c1ccccc1c1c2nc(-c2ccccc2)n1-c1ccccc1. The summed E-state index contributed by atoms with van der Waals surface area (Å²) in [7, 11) is -1.52. The molecule has 0 aliphatic rings. The lowest BCUT2D eigenvalue weighted by molar-refractivity contribution is 0.426. The van der Waals surface area contributed by atoms with Crippen LogP contribution in [0.25, 0.3) is 49.7 Å². The minimum absolute atomic E-state index is 0.466. The first-order chi connectivity index (χ1) is 15.7. The van der Waals surface area contributed by atoms with E-state index in [0.29, 0.717) is 5.46 Å². The maximum absolute atomic E-state index is 9.75. The highest BCUT2D eigenvalue weighted by molar-refractivity contribution is 6.59. The van der Waals surface area contributed by atoms with Crippen LogP contribution in [-0.2, 0) is 0 Å². The maximum Gasteiger partial charge on any atom is 0.488 e. The molecule has 5 heteroatoms. The maximum atomic E-state index is 9.75. The Morgan fingerprint density at radius 1 is 0.625 bits per heavy atom. The van der Waals surface area contributed by atoms with Crippen LogP contribution in [0.15, 0.2) is 103 Å². The lowest BCUT2D eigenvalue weighted by atomic mass is 9.79. The van der Waals surface area contributed by atoms with Gasteiger partial charge in [-0.2, -0.15) is 0 Å². The van der Waals surface area contributed by atoms with E-state index in [1.165, 1.54) is 0 Å². The molecule has 32 heavy (non-hydrogen) atoms. The third-order valence-corrected chi connectivity index (χ3v) is 5.99. The van der Waals surface area contributed by atoms with E-state index in [2.05, 4.69) is 41.0 Å². The number of aromatic nitrogens is 2. The minimum Gasteiger partial charge on any atom is -0.423 e. The average Bonchev–Trinajstić information content (AvgIpc) is 3.26. The monoisotopic (exact) mass is 414 g/mol. The van der Waals surface area contributed by atoms with Crippen molar-refractivity contribution in [3.63, 3.8) is 0 Å². The van der Waals surface area contributed by atoms with Gasteiger partial charge in [0.2, 0.25) is 0 Å². The van der Waals surface area contributed by atoms with Gasteiger partial charge in [-0.15, -0.1) is 0 Å². The fraction of sp³-hybridized carbons (Fsp3) is 0. The largest absolute Gasteiger partial charge is 0.488 e. The van der Waals surface area contributed by atoms with E-state index >= 15 is 0 Å². The second kappa shape index (κ2) is 7.34. The smallest absolute Gasteiger partial charge is 0.423 e. The molecule has 1 aromatic heterocycles. The van der Waals surface area contributed by atoms with Crippen LogP contribution < -0.4 is 5.46 Å². The van der Waals surface area contributed by atoms with Crippen LogP contribution in [0.4, 0.5) is 0 Å². The number of benzene rings is 5. The van der Waals surface area contributed by atoms with Gasteiger partial charge in [0.1, 0.15) is 5.82 Å². The fourth-order valence-electron chi connectivity index (χ4n) is 4.54. The second-order valence-corrected chi connectivity index (χ2v) is 7.89. The number of fused-ring (bicyclic) bond motifs is 6. The first-order valence-electron chi connectivity index (χ1n) is 10.6. The molecule has 1 heterocycles. The van der Waals surface area contributed by atoms with E-state index in [0.717, 1.165) is 49.7 Å². The Kier molecular flexibility index (Phi) is 4.32. The van der Waals surface area contributed by atoms with Crippen LogP contribution in [-0.4, -0.2) is 26.7 Å². The normalized spacial score (nSPS) is 11.4. The molecule has 0 aliphatic carbocycles. The Bertz CT molecular complexity index is 1590. The number of nitrogens with zero attached hydrogens (tertiary/aromatic N) is 2. The molecule has 0 saturated carbocycles. The van der Waals surface area contributed by atoms with Crippen LogP contribution in [0, 0.1) is 0 Å². The molecule has 0 unspecified atom stereocenters. The first-order valence-corrected chi connectivity index (χ1v) is 10.6. The van der Waals surface area contributed by atoms with Gasteiger partial charge in [0.05, 0.1) is 11.0 Å². The minimum atomic E-state index is -1.52. The molecule has 2 N–H and O–H groups in total. The van der Waals surface area contributed by atoms with Crippen molar-refractivity contribution in [3.05, 3.63) is 103 Å². The van der Waals surface area contributed by atoms with Crippen LogP contribution >= 0.6 is 0 Å². The standard InChI is InChI=1S/C27H19BN2O2/c31-28(32)19-15-16-22-24(17-19)21-13-7-8-14-23(21)26-25(22)29-27(18-9-3-1-4-10-18)30(26)20-11-5-2-6-12-20/h1-17,31-32H. The summed E-state index contributed by atoms with van der Waals surface area (Å²) in [6.45, 7) is 0. The van der Waals surface area contributed by atoms with Crippen molar-refractivity contribution >= 4 is 45.2 Å². The summed E-state index contributed by atoms with van der Waals surface area (Å²) in [5, 5.41) is 23.6. The van der Waals surface area contributed by atoms with Gasteiger partial charge < -0.3 is 10.0 Å². The fourth-order valence-corrected chi connectivity index (χ4v) is 4.54. The summed E-state index contributed by atoms with van der Waals surface area (Å²) in [5.74, 6) is 0.871. The van der Waals surface area contributed by atoms with Crippen LogP contribution in [0.2, 0.25) is 0 Å². The van der Waals surface area contributed by atoms with Gasteiger partial charge in [0.15, 0.2) is 0 Å². The van der Waals surface area contributed by atoms with Crippen molar-refractivity contribution < 1.29 is 10.0 Å². The molecule has 6 aromatic rings. The molecule has 0 aliphatic heterocycles. The van der Waals surface area contributed by atoms with Crippen LogP contribution in [0.5, 0.6) is 0 Å². The van der Waals surface area contributed by atoms with Crippen molar-refractivity contribution in [3.8, 4) is 17.1 Å². The first kappa shape index (κ1) is 18.8. The summed E-state index contributed by atoms with van der Waals surface area (Å²) in [6.07, 6.45) is 0. The summed E-state index contributed by atoms with van der Waals surface area (Å²) < 4.78 is 2.22. The van der Waals surface area contributed by atoms with Gasteiger partial charge in [-0.3, -0.25) is 4.57 Å². The topological polar surface area (TPSA) is 58.3 Å². The molecular weight excluding hydrogens is 395 g/mol. The van der Waals surface area contributed by atoms with Crippen LogP contribution in [0.3, 0.4) is 0 Å².